The maximum Gasteiger partial charge on any atom is 0.0820 e. The first-order valence-electron chi connectivity index (χ1n) is 12.5. The molecule has 0 unspecified atom stereocenters. The number of benzene rings is 2. The lowest BCUT2D eigenvalue weighted by Crippen LogP contribution is -2.48. The minimum atomic E-state index is -0.167. The lowest BCUT2D eigenvalue weighted by molar-refractivity contribution is -0.301. The van der Waals surface area contributed by atoms with Crippen LogP contribution in [-0.2, 0) is 31.8 Å². The summed E-state index contributed by atoms with van der Waals surface area (Å²) in [6.07, 6.45) is 3.28. The fourth-order valence-corrected chi connectivity index (χ4v) is 6.85. The zero-order valence-electron chi connectivity index (χ0n) is 21.6. The van der Waals surface area contributed by atoms with Crippen LogP contribution in [0.1, 0.15) is 96.9 Å². The topological polar surface area (TPSA) is 24.9 Å². The molecule has 33 heavy (non-hydrogen) atoms. The van der Waals surface area contributed by atoms with E-state index in [1.807, 2.05) is 0 Å². The molecular weight excluding hydrogens is 408 g/mol. The smallest absolute Gasteiger partial charge is 0.0820 e. The summed E-state index contributed by atoms with van der Waals surface area (Å²) < 4.78 is 0. The van der Waals surface area contributed by atoms with Crippen molar-refractivity contribution in [3.8, 4) is 0 Å². The molecule has 3 aliphatic rings. The minimum absolute atomic E-state index is 0.166. The fraction of sp³-hybridized carbons (Fsp3) is 0.586. The molecule has 0 spiro atoms. The second kappa shape index (κ2) is 7.39. The summed E-state index contributed by atoms with van der Waals surface area (Å²) in [7, 11) is 0. The largest absolute Gasteiger partial charge is 0.294 e. The second-order valence-electron chi connectivity index (χ2n) is 12.2. The van der Waals surface area contributed by atoms with E-state index in [1.165, 1.54) is 22.3 Å². The zero-order chi connectivity index (χ0) is 23.8. The first-order chi connectivity index (χ1) is 15.4. The molecule has 2 aliphatic heterocycles. The van der Waals surface area contributed by atoms with Crippen LogP contribution in [0.25, 0.3) is 0 Å². The number of fused-ring (bicyclic) bond motifs is 2. The Hall–Kier alpha value is -1.72. The third-order valence-electron chi connectivity index (χ3n) is 8.37. The van der Waals surface area contributed by atoms with Crippen LogP contribution in [0.5, 0.6) is 0 Å². The van der Waals surface area contributed by atoms with Gasteiger partial charge in [0.25, 0.3) is 0 Å². The summed E-state index contributed by atoms with van der Waals surface area (Å²) in [6, 6.07) is 17.5. The van der Waals surface area contributed by atoms with E-state index in [0.29, 0.717) is 0 Å². The van der Waals surface area contributed by atoms with Gasteiger partial charge in [-0.15, -0.1) is 0 Å². The second-order valence-corrected chi connectivity index (χ2v) is 12.2. The summed E-state index contributed by atoms with van der Waals surface area (Å²) in [5.41, 5.74) is 4.77. The van der Waals surface area contributed by atoms with Crippen molar-refractivity contribution in [1.82, 2.24) is 10.1 Å². The summed E-state index contributed by atoms with van der Waals surface area (Å²) in [6.45, 7) is 18.2. The molecule has 0 aromatic heterocycles. The summed E-state index contributed by atoms with van der Waals surface area (Å²) >= 11 is 0. The molecule has 5 rings (SSSR count). The van der Waals surface area contributed by atoms with E-state index in [4.69, 9.17) is 9.68 Å². The molecule has 2 aromatic rings. The molecule has 0 N–H and O–H groups in total. The highest BCUT2D eigenvalue weighted by atomic mass is 16.7. The van der Waals surface area contributed by atoms with E-state index in [0.717, 1.165) is 19.3 Å². The van der Waals surface area contributed by atoms with E-state index in [1.54, 1.807) is 0 Å². The highest BCUT2D eigenvalue weighted by molar-refractivity contribution is 5.43. The molecule has 2 heterocycles. The highest BCUT2D eigenvalue weighted by Crippen LogP contribution is 2.52. The summed E-state index contributed by atoms with van der Waals surface area (Å²) in [5, 5.41) is 4.49. The fourth-order valence-electron chi connectivity index (χ4n) is 6.85. The molecule has 1 saturated carbocycles. The average Bonchev–Trinajstić information content (AvgIpc) is 3.32. The van der Waals surface area contributed by atoms with Crippen molar-refractivity contribution in [3.63, 3.8) is 0 Å². The molecule has 4 nitrogen and oxygen atoms in total. The van der Waals surface area contributed by atoms with Crippen LogP contribution in [0, 0.1) is 0 Å². The maximum atomic E-state index is 6.78. The molecule has 2 aromatic carbocycles. The van der Waals surface area contributed by atoms with Gasteiger partial charge in [-0.25, -0.2) is 0 Å². The van der Waals surface area contributed by atoms with Gasteiger partial charge in [0, 0.05) is 6.42 Å². The number of hydroxylamine groups is 4. The van der Waals surface area contributed by atoms with Gasteiger partial charge in [0.1, 0.15) is 0 Å². The summed E-state index contributed by atoms with van der Waals surface area (Å²) in [5.74, 6) is 0. The van der Waals surface area contributed by atoms with Gasteiger partial charge in [0.05, 0.1) is 34.4 Å². The van der Waals surface area contributed by atoms with Crippen molar-refractivity contribution in [3.05, 3.63) is 70.8 Å². The van der Waals surface area contributed by atoms with Crippen molar-refractivity contribution in [2.75, 3.05) is 0 Å². The number of rotatable bonds is 4. The van der Waals surface area contributed by atoms with Crippen LogP contribution in [-0.4, -0.2) is 22.3 Å². The van der Waals surface area contributed by atoms with Crippen molar-refractivity contribution in [2.45, 2.75) is 109 Å². The van der Waals surface area contributed by atoms with Gasteiger partial charge in [0.15, 0.2) is 0 Å². The molecule has 1 aliphatic carbocycles. The number of nitrogens with zero attached hydrogens (tertiary/aromatic N) is 2. The molecule has 4 heteroatoms. The predicted octanol–water partition coefficient (Wildman–Crippen LogP) is 6.74. The van der Waals surface area contributed by atoms with Gasteiger partial charge in [-0.3, -0.25) is 9.68 Å². The molecule has 2 atom stereocenters. The first-order valence-corrected chi connectivity index (χ1v) is 12.5. The Morgan fingerprint density at radius 2 is 0.818 bits per heavy atom. The van der Waals surface area contributed by atoms with E-state index >= 15 is 0 Å². The van der Waals surface area contributed by atoms with Gasteiger partial charge >= 0.3 is 0 Å². The Bertz CT molecular complexity index is 902. The van der Waals surface area contributed by atoms with Crippen LogP contribution in [0.3, 0.4) is 0 Å². The first kappa shape index (κ1) is 23.0. The Morgan fingerprint density at radius 3 is 1.09 bits per heavy atom. The van der Waals surface area contributed by atoms with E-state index in [-0.39, 0.29) is 34.4 Å². The lowest BCUT2D eigenvalue weighted by atomic mass is 9.91. The van der Waals surface area contributed by atoms with E-state index in [2.05, 4.69) is 114 Å². The van der Waals surface area contributed by atoms with Crippen LogP contribution in [0.4, 0.5) is 0 Å². The van der Waals surface area contributed by atoms with Gasteiger partial charge in [0.2, 0.25) is 0 Å². The van der Waals surface area contributed by atoms with Gasteiger partial charge in [-0.1, -0.05) is 48.5 Å². The maximum absolute atomic E-state index is 6.78. The van der Waals surface area contributed by atoms with Gasteiger partial charge in [-0.2, -0.15) is 10.1 Å². The number of hydrogen-bond acceptors (Lipinski definition) is 4. The molecule has 0 saturated heterocycles. The third kappa shape index (κ3) is 3.33. The van der Waals surface area contributed by atoms with E-state index < -0.39 is 0 Å². The summed E-state index contributed by atoms with van der Waals surface area (Å²) in [4.78, 5) is 13.6. The molecular formula is C29H40N2O2. The monoisotopic (exact) mass is 448 g/mol. The quantitative estimate of drug-likeness (QED) is 0.517. The van der Waals surface area contributed by atoms with Crippen molar-refractivity contribution in [2.24, 2.45) is 0 Å². The molecule has 178 valence electrons. The zero-order valence-corrected chi connectivity index (χ0v) is 21.6. The Balaban J connectivity index is 1.31. The predicted molar refractivity (Wildman–Crippen MR) is 132 cm³/mol. The van der Waals surface area contributed by atoms with Crippen LogP contribution < -0.4 is 0 Å². The third-order valence-corrected chi connectivity index (χ3v) is 8.37. The Kier molecular flexibility index (Phi) is 5.16. The number of hydrogen-bond donors (Lipinski definition) is 0. The van der Waals surface area contributed by atoms with Crippen molar-refractivity contribution < 1.29 is 9.68 Å². The van der Waals surface area contributed by atoms with Crippen molar-refractivity contribution >= 4 is 0 Å². The standard InChI is InChI=1S/C29H40N2O2/c1-26(2)22-13-9-10-14-23(22)27(3,4)30(26)32-20-17-18-21(19-20)33-31-28(5,6)24-15-11-12-16-25(24)29(31,7)8/h9-16,20-21H,17-19H2,1-8H3/t20-,21+. The average molecular weight is 449 g/mol. The van der Waals surface area contributed by atoms with Gasteiger partial charge < -0.3 is 0 Å². The van der Waals surface area contributed by atoms with Crippen LogP contribution in [0.15, 0.2) is 48.5 Å². The van der Waals surface area contributed by atoms with Crippen LogP contribution in [0.2, 0.25) is 0 Å². The van der Waals surface area contributed by atoms with E-state index in [9.17, 15) is 0 Å². The van der Waals surface area contributed by atoms with Crippen LogP contribution >= 0.6 is 0 Å². The SMILES string of the molecule is CC1(C)c2ccccc2C(C)(C)N1O[C@@H]1CC[C@H](ON2C(C)(C)c3ccccc3C2(C)C)C1. The van der Waals surface area contributed by atoms with Gasteiger partial charge in [-0.05, 0) is 90.5 Å². The lowest BCUT2D eigenvalue weighted by Gasteiger charge is -2.42. The normalized spacial score (nSPS) is 29.2. The Morgan fingerprint density at radius 1 is 0.545 bits per heavy atom. The Labute approximate surface area is 199 Å². The molecule has 0 amide bonds. The minimum Gasteiger partial charge on any atom is -0.294 e. The highest BCUT2D eigenvalue weighted by Gasteiger charge is 2.53. The van der Waals surface area contributed by atoms with Crippen molar-refractivity contribution in [1.29, 1.82) is 0 Å². The molecule has 1 fully saturated rings. The molecule has 0 radical (unpaired) electrons. The molecule has 0 bridgehead atoms.